The number of rotatable bonds is 10. The number of benzene rings is 2. The minimum atomic E-state index is -0.411. The lowest BCUT2D eigenvalue weighted by atomic mass is 9.60. The van der Waals surface area contributed by atoms with Crippen molar-refractivity contribution in [3.63, 3.8) is 0 Å². The number of anilines is 5. The van der Waals surface area contributed by atoms with Crippen molar-refractivity contribution in [2.75, 3.05) is 65.8 Å². The molecule has 1 aliphatic carbocycles. The fraction of sp³-hybridized carbons (Fsp3) is 0.447. The Morgan fingerprint density at radius 3 is 2.22 bits per heavy atom. The number of nitrogens with one attached hydrogen (secondary N) is 3. The van der Waals surface area contributed by atoms with E-state index in [1.165, 1.54) is 31.4 Å². The van der Waals surface area contributed by atoms with Crippen LogP contribution < -0.4 is 30.7 Å². The van der Waals surface area contributed by atoms with Crippen LogP contribution in [-0.4, -0.2) is 99.7 Å². The zero-order valence-corrected chi connectivity index (χ0v) is 36.7. The van der Waals surface area contributed by atoms with Crippen molar-refractivity contribution in [3.8, 4) is 11.3 Å². The number of amides is 4. The number of carbonyl (C=O) groups is 3. The van der Waals surface area contributed by atoms with Gasteiger partial charge in [0, 0.05) is 86.7 Å². The molecule has 63 heavy (non-hydrogen) atoms. The summed E-state index contributed by atoms with van der Waals surface area (Å²) >= 11 is 0. The molecule has 1 spiro atoms. The smallest absolute Gasteiger partial charge is 0.328 e. The zero-order chi connectivity index (χ0) is 43.9. The van der Waals surface area contributed by atoms with E-state index in [2.05, 4.69) is 75.0 Å². The molecule has 5 aromatic rings. The number of carbonyl (C=O) groups excluding carboxylic acids is 3. The number of hydrogen-bond donors (Lipinski definition) is 3. The summed E-state index contributed by atoms with van der Waals surface area (Å²) in [5.41, 5.74) is 6.95. The van der Waals surface area contributed by atoms with Gasteiger partial charge in [0.1, 0.15) is 18.0 Å². The molecule has 3 N–H and O–H groups in total. The Hall–Kier alpha value is -6.42. The third-order valence-electron chi connectivity index (χ3n) is 13.3. The van der Waals surface area contributed by atoms with Gasteiger partial charge in [-0.1, -0.05) is 38.1 Å². The molecular weight excluding hydrogens is 797 g/mol. The number of piperazine rings is 1. The SMILES string of the molecule is Cc1cc(-c2cc(Nc3ccc(N4CCN(C5CC6(CCN(c7ccc(N8CCC(=O)NC8=O)cc7)CC6)C5)CC4)cn3)ncn2)ccc1[C@@H](C)NC(=O)c1nc(C(C)(C)C)no1. The second kappa shape index (κ2) is 17.0. The van der Waals surface area contributed by atoms with Crippen LogP contribution in [0.2, 0.25) is 0 Å². The van der Waals surface area contributed by atoms with Gasteiger partial charge in [0.15, 0.2) is 5.82 Å². The van der Waals surface area contributed by atoms with E-state index in [0.717, 1.165) is 73.0 Å². The van der Waals surface area contributed by atoms with Gasteiger partial charge in [0.25, 0.3) is 0 Å². The van der Waals surface area contributed by atoms with E-state index in [0.29, 0.717) is 41.9 Å². The Morgan fingerprint density at radius 2 is 1.56 bits per heavy atom. The van der Waals surface area contributed by atoms with Crippen molar-refractivity contribution in [2.24, 2.45) is 5.41 Å². The second-order valence-corrected chi connectivity index (χ2v) is 18.6. The Balaban J connectivity index is 0.722. The summed E-state index contributed by atoms with van der Waals surface area (Å²) in [4.78, 5) is 63.9. The highest BCUT2D eigenvalue weighted by molar-refractivity contribution is 6.05. The number of piperidine rings is 1. The van der Waals surface area contributed by atoms with Crippen LogP contribution >= 0.6 is 0 Å². The van der Waals surface area contributed by atoms with Gasteiger partial charge >= 0.3 is 17.8 Å². The molecule has 1 atom stereocenters. The van der Waals surface area contributed by atoms with Crippen molar-refractivity contribution in [1.29, 1.82) is 0 Å². The first-order chi connectivity index (χ1) is 30.3. The maximum Gasteiger partial charge on any atom is 0.328 e. The van der Waals surface area contributed by atoms with Gasteiger partial charge in [0.2, 0.25) is 5.91 Å². The van der Waals surface area contributed by atoms with Gasteiger partial charge in [-0.2, -0.15) is 4.98 Å². The monoisotopic (exact) mass is 852 g/mol. The molecule has 16 heteroatoms. The average Bonchev–Trinajstić information content (AvgIpc) is 3.79. The van der Waals surface area contributed by atoms with Gasteiger partial charge in [-0.05, 0) is 98.5 Å². The van der Waals surface area contributed by atoms with Gasteiger partial charge in [-0.3, -0.25) is 24.7 Å². The Morgan fingerprint density at radius 1 is 0.841 bits per heavy atom. The van der Waals surface area contributed by atoms with E-state index >= 15 is 0 Å². The van der Waals surface area contributed by atoms with Crippen LogP contribution in [0.3, 0.4) is 0 Å². The highest BCUT2D eigenvalue weighted by atomic mass is 16.5. The predicted octanol–water partition coefficient (Wildman–Crippen LogP) is 6.78. The van der Waals surface area contributed by atoms with Crippen LogP contribution in [0.25, 0.3) is 11.3 Å². The number of imide groups is 1. The number of aryl methyl sites for hydroxylation is 1. The van der Waals surface area contributed by atoms with E-state index < -0.39 is 5.91 Å². The first-order valence-corrected chi connectivity index (χ1v) is 22.1. The molecule has 9 rings (SSSR count). The summed E-state index contributed by atoms with van der Waals surface area (Å²) < 4.78 is 5.23. The Kier molecular flexibility index (Phi) is 11.3. The summed E-state index contributed by atoms with van der Waals surface area (Å²) in [5.74, 6) is 1.17. The number of nitrogens with zero attached hydrogens (tertiary/aromatic N) is 9. The molecule has 0 unspecified atom stereocenters. The number of hydrogen-bond acceptors (Lipinski definition) is 13. The van der Waals surface area contributed by atoms with Crippen LogP contribution in [0.15, 0.2) is 77.7 Å². The lowest BCUT2D eigenvalue weighted by Crippen LogP contribution is -2.59. The lowest BCUT2D eigenvalue weighted by molar-refractivity contribution is -0.120. The summed E-state index contributed by atoms with van der Waals surface area (Å²) in [7, 11) is 0. The van der Waals surface area contributed by atoms with Gasteiger partial charge in [0.05, 0.1) is 23.6 Å². The third-order valence-corrected chi connectivity index (χ3v) is 13.3. The minimum Gasteiger partial charge on any atom is -0.371 e. The summed E-state index contributed by atoms with van der Waals surface area (Å²) in [5, 5.41) is 12.7. The molecule has 6 heterocycles. The first-order valence-electron chi connectivity index (χ1n) is 22.1. The summed E-state index contributed by atoms with van der Waals surface area (Å²) in [6, 6.07) is 20.3. The molecule has 4 fully saturated rings. The third kappa shape index (κ3) is 9.08. The molecule has 3 aromatic heterocycles. The topological polar surface area (TPSA) is 178 Å². The molecule has 3 saturated heterocycles. The molecule has 1 saturated carbocycles. The molecule has 0 bridgehead atoms. The number of aromatic nitrogens is 5. The fourth-order valence-corrected chi connectivity index (χ4v) is 9.48. The van der Waals surface area contributed by atoms with Crippen molar-refractivity contribution >= 4 is 46.5 Å². The van der Waals surface area contributed by atoms with Gasteiger partial charge in [-0.15, -0.1) is 0 Å². The molecule has 2 aromatic carbocycles. The largest absolute Gasteiger partial charge is 0.371 e. The van der Waals surface area contributed by atoms with Gasteiger partial charge in [-0.25, -0.2) is 19.7 Å². The average molecular weight is 853 g/mol. The van der Waals surface area contributed by atoms with Crippen LogP contribution in [0.1, 0.15) is 93.5 Å². The molecule has 0 radical (unpaired) electrons. The maximum atomic E-state index is 12.9. The van der Waals surface area contributed by atoms with Crippen molar-refractivity contribution in [3.05, 3.63) is 96.0 Å². The van der Waals surface area contributed by atoms with E-state index in [-0.39, 0.29) is 29.3 Å². The van der Waals surface area contributed by atoms with Crippen molar-refractivity contribution < 1.29 is 18.9 Å². The normalized spacial score (nSPS) is 18.8. The standard InChI is InChI=1S/C47H56N12O4/c1-30-24-32(6-12-37(30)31(2)51-42(61)43-54-44(55-63-43)46(3,4)5)38-25-40(50-29-49-38)52-39-13-11-35(28-48-39)57-20-22-58(23-21-57)36-26-47(27-36)15-18-56(19-16-47)33-7-9-34(10-8-33)59-17-14-41(60)53-45(59)62/h6-13,24-25,28-29,31,36H,14-23,26-27H2,1-5H3,(H,51,61)(H,53,60,62)(H,48,49,50,52)/t31-/m1/s1. The molecule has 328 valence electrons. The van der Waals surface area contributed by atoms with Crippen LogP contribution in [0.5, 0.6) is 0 Å². The zero-order valence-electron chi connectivity index (χ0n) is 36.7. The van der Waals surface area contributed by atoms with Crippen LogP contribution in [0.4, 0.5) is 33.5 Å². The van der Waals surface area contributed by atoms with Gasteiger partial charge < -0.3 is 25.0 Å². The predicted molar refractivity (Wildman–Crippen MR) is 241 cm³/mol. The Labute approximate surface area is 367 Å². The second-order valence-electron chi connectivity index (χ2n) is 18.6. The molecule has 16 nitrogen and oxygen atoms in total. The highest BCUT2D eigenvalue weighted by Gasteiger charge is 2.48. The molecule has 4 amide bonds. The highest BCUT2D eigenvalue weighted by Crippen LogP contribution is 2.51. The van der Waals surface area contributed by atoms with E-state index in [4.69, 9.17) is 9.51 Å². The quantitative estimate of drug-likeness (QED) is 0.134. The van der Waals surface area contributed by atoms with E-state index in [1.54, 1.807) is 11.2 Å². The van der Waals surface area contributed by atoms with Crippen molar-refractivity contribution in [2.45, 2.75) is 84.2 Å². The molecule has 4 aliphatic rings. The lowest BCUT2D eigenvalue weighted by Gasteiger charge is -2.56. The maximum absolute atomic E-state index is 12.9. The summed E-state index contributed by atoms with van der Waals surface area (Å²) in [6.45, 7) is 16.4. The molecular formula is C47H56N12O4. The minimum absolute atomic E-state index is 0.0493. The first kappa shape index (κ1) is 41.9. The number of pyridine rings is 1. The van der Waals surface area contributed by atoms with E-state index in [1.807, 2.05) is 77.2 Å². The molecule has 3 aliphatic heterocycles. The van der Waals surface area contributed by atoms with Crippen LogP contribution in [0, 0.1) is 12.3 Å². The Bertz CT molecular complexity index is 2460. The van der Waals surface area contributed by atoms with Crippen molar-refractivity contribution in [1.82, 2.24) is 40.6 Å². The summed E-state index contributed by atoms with van der Waals surface area (Å²) in [6.07, 6.45) is 8.80. The fourth-order valence-electron chi connectivity index (χ4n) is 9.48. The van der Waals surface area contributed by atoms with E-state index in [9.17, 15) is 14.4 Å². The number of urea groups is 1. The van der Waals surface area contributed by atoms with Crippen LogP contribution in [-0.2, 0) is 10.2 Å².